The summed E-state index contributed by atoms with van der Waals surface area (Å²) >= 11 is 0. The fraction of sp³-hybridized carbons (Fsp3) is 0.600. The van der Waals surface area contributed by atoms with Gasteiger partial charge in [-0.3, -0.25) is 4.90 Å². The number of nitrogens with one attached hydrogen (secondary N) is 1. The Morgan fingerprint density at radius 2 is 1.89 bits per heavy atom. The Morgan fingerprint density at radius 1 is 1.11 bits per heavy atom. The van der Waals surface area contributed by atoms with Crippen molar-refractivity contribution in [3.8, 4) is 0 Å². The standard InChI is InChI=1S/C15H23N3.ClH/c1-17-6-8-18(9-7-17)12-13-2-3-14-4-5-16-11-15(14)10-13;/h2-3,10,16H,4-9,11-12H2,1H3;1H. The molecule has 4 heteroatoms. The molecule has 1 saturated heterocycles. The van der Waals surface area contributed by atoms with E-state index in [1.165, 1.54) is 49.3 Å². The summed E-state index contributed by atoms with van der Waals surface area (Å²) in [5.41, 5.74) is 4.52. The molecule has 3 nitrogen and oxygen atoms in total. The quantitative estimate of drug-likeness (QED) is 0.886. The second-order valence-electron chi connectivity index (χ2n) is 5.61. The van der Waals surface area contributed by atoms with Crippen molar-refractivity contribution in [2.45, 2.75) is 19.5 Å². The molecule has 1 N–H and O–H groups in total. The first-order chi connectivity index (χ1) is 8.81. The van der Waals surface area contributed by atoms with E-state index in [1.54, 1.807) is 0 Å². The lowest BCUT2D eigenvalue weighted by Gasteiger charge is -2.32. The highest BCUT2D eigenvalue weighted by Crippen LogP contribution is 2.17. The molecule has 3 rings (SSSR count). The second kappa shape index (κ2) is 6.71. The zero-order valence-electron chi connectivity index (χ0n) is 11.7. The van der Waals surface area contributed by atoms with E-state index < -0.39 is 0 Å². The Kier molecular flexibility index (Phi) is 5.22. The number of piperazine rings is 1. The highest BCUT2D eigenvalue weighted by atomic mass is 35.5. The lowest BCUT2D eigenvalue weighted by Crippen LogP contribution is -2.43. The maximum Gasteiger partial charge on any atom is 0.0234 e. The third-order valence-corrected chi connectivity index (χ3v) is 4.16. The molecule has 2 aliphatic rings. The minimum Gasteiger partial charge on any atom is -0.312 e. The Morgan fingerprint density at radius 3 is 2.68 bits per heavy atom. The average Bonchev–Trinajstić information content (AvgIpc) is 2.41. The van der Waals surface area contributed by atoms with Gasteiger partial charge in [-0.1, -0.05) is 18.2 Å². The van der Waals surface area contributed by atoms with E-state index in [-0.39, 0.29) is 12.4 Å². The predicted molar refractivity (Wildman–Crippen MR) is 81.9 cm³/mol. The molecule has 1 aromatic carbocycles. The van der Waals surface area contributed by atoms with Crippen molar-refractivity contribution < 1.29 is 0 Å². The summed E-state index contributed by atoms with van der Waals surface area (Å²) in [5.74, 6) is 0. The van der Waals surface area contributed by atoms with Crippen LogP contribution in [0.15, 0.2) is 18.2 Å². The van der Waals surface area contributed by atoms with Crippen LogP contribution >= 0.6 is 12.4 Å². The van der Waals surface area contributed by atoms with Crippen LogP contribution in [0, 0.1) is 0 Å². The minimum atomic E-state index is 0. The molecular formula is C15H24ClN3. The van der Waals surface area contributed by atoms with Gasteiger partial charge in [0.15, 0.2) is 0 Å². The molecule has 1 aromatic rings. The van der Waals surface area contributed by atoms with E-state index in [2.05, 4.69) is 40.4 Å². The Labute approximate surface area is 122 Å². The number of fused-ring (bicyclic) bond motifs is 1. The number of benzene rings is 1. The van der Waals surface area contributed by atoms with Gasteiger partial charge in [0.2, 0.25) is 0 Å². The highest BCUT2D eigenvalue weighted by Gasteiger charge is 2.15. The maximum atomic E-state index is 3.46. The molecule has 0 bridgehead atoms. The van der Waals surface area contributed by atoms with Gasteiger partial charge in [-0.2, -0.15) is 0 Å². The molecule has 0 spiro atoms. The van der Waals surface area contributed by atoms with E-state index in [0.29, 0.717) is 0 Å². The van der Waals surface area contributed by atoms with Crippen LogP contribution in [0.5, 0.6) is 0 Å². The molecule has 2 heterocycles. The van der Waals surface area contributed by atoms with Gasteiger partial charge in [-0.15, -0.1) is 12.4 Å². The van der Waals surface area contributed by atoms with Crippen molar-refractivity contribution in [1.29, 1.82) is 0 Å². The van der Waals surface area contributed by atoms with Gasteiger partial charge >= 0.3 is 0 Å². The molecule has 0 aromatic heterocycles. The number of hydrogen-bond acceptors (Lipinski definition) is 3. The largest absolute Gasteiger partial charge is 0.312 e. The van der Waals surface area contributed by atoms with E-state index >= 15 is 0 Å². The van der Waals surface area contributed by atoms with E-state index in [4.69, 9.17) is 0 Å². The van der Waals surface area contributed by atoms with Gasteiger partial charge in [0.05, 0.1) is 0 Å². The minimum absolute atomic E-state index is 0. The van der Waals surface area contributed by atoms with Crippen LogP contribution in [0.1, 0.15) is 16.7 Å². The third-order valence-electron chi connectivity index (χ3n) is 4.16. The Hall–Kier alpha value is -0.610. The zero-order valence-corrected chi connectivity index (χ0v) is 12.5. The first-order valence-electron chi connectivity index (χ1n) is 7.03. The normalized spacial score (nSPS) is 20.7. The lowest BCUT2D eigenvalue weighted by molar-refractivity contribution is 0.148. The van der Waals surface area contributed by atoms with Crippen LogP contribution in [-0.4, -0.2) is 49.6 Å². The fourth-order valence-electron chi connectivity index (χ4n) is 2.90. The number of halogens is 1. The van der Waals surface area contributed by atoms with Crippen LogP contribution in [0.2, 0.25) is 0 Å². The van der Waals surface area contributed by atoms with Crippen molar-refractivity contribution in [3.05, 3.63) is 34.9 Å². The monoisotopic (exact) mass is 281 g/mol. The predicted octanol–water partition coefficient (Wildman–Crippen LogP) is 1.50. The molecule has 2 aliphatic heterocycles. The number of likely N-dealkylation sites (N-methyl/N-ethyl adjacent to an activating group) is 1. The van der Waals surface area contributed by atoms with E-state index in [9.17, 15) is 0 Å². The molecule has 19 heavy (non-hydrogen) atoms. The summed E-state index contributed by atoms with van der Waals surface area (Å²) in [6.07, 6.45) is 1.18. The van der Waals surface area contributed by atoms with Gasteiger partial charge < -0.3 is 10.2 Å². The second-order valence-corrected chi connectivity index (χ2v) is 5.61. The summed E-state index contributed by atoms with van der Waals surface area (Å²) in [6, 6.07) is 7.06. The van der Waals surface area contributed by atoms with Crippen molar-refractivity contribution in [2.75, 3.05) is 39.8 Å². The van der Waals surface area contributed by atoms with Gasteiger partial charge in [0.25, 0.3) is 0 Å². The van der Waals surface area contributed by atoms with Crippen molar-refractivity contribution in [3.63, 3.8) is 0 Å². The summed E-state index contributed by atoms with van der Waals surface area (Å²) in [7, 11) is 2.21. The van der Waals surface area contributed by atoms with Gasteiger partial charge in [-0.25, -0.2) is 0 Å². The number of nitrogens with zero attached hydrogens (tertiary/aromatic N) is 2. The number of hydrogen-bond donors (Lipinski definition) is 1. The topological polar surface area (TPSA) is 18.5 Å². The number of rotatable bonds is 2. The molecule has 0 radical (unpaired) electrons. The Balaban J connectivity index is 0.00000133. The molecule has 0 saturated carbocycles. The van der Waals surface area contributed by atoms with Crippen molar-refractivity contribution >= 4 is 12.4 Å². The summed E-state index contributed by atoms with van der Waals surface area (Å²) in [5, 5.41) is 3.46. The summed E-state index contributed by atoms with van der Waals surface area (Å²) in [6.45, 7) is 8.09. The first-order valence-corrected chi connectivity index (χ1v) is 7.03. The Bertz CT molecular complexity index is 414. The van der Waals surface area contributed by atoms with Crippen LogP contribution in [0.4, 0.5) is 0 Å². The maximum absolute atomic E-state index is 3.46. The highest BCUT2D eigenvalue weighted by molar-refractivity contribution is 5.85. The SMILES string of the molecule is CN1CCN(Cc2ccc3c(c2)CNCC3)CC1.Cl. The fourth-order valence-corrected chi connectivity index (χ4v) is 2.90. The van der Waals surface area contributed by atoms with Crippen LogP contribution < -0.4 is 5.32 Å². The van der Waals surface area contributed by atoms with E-state index in [0.717, 1.165) is 19.6 Å². The molecule has 106 valence electrons. The molecule has 0 unspecified atom stereocenters. The van der Waals surface area contributed by atoms with Crippen molar-refractivity contribution in [1.82, 2.24) is 15.1 Å². The molecule has 0 amide bonds. The van der Waals surface area contributed by atoms with Gasteiger partial charge in [0, 0.05) is 39.3 Å². The molecule has 0 atom stereocenters. The smallest absolute Gasteiger partial charge is 0.0234 e. The molecule has 1 fully saturated rings. The summed E-state index contributed by atoms with van der Waals surface area (Å²) < 4.78 is 0. The van der Waals surface area contributed by atoms with E-state index in [1.807, 2.05) is 0 Å². The van der Waals surface area contributed by atoms with Gasteiger partial charge in [-0.05, 0) is 36.7 Å². The molecular weight excluding hydrogens is 258 g/mol. The van der Waals surface area contributed by atoms with Crippen LogP contribution in [-0.2, 0) is 19.5 Å². The van der Waals surface area contributed by atoms with Crippen molar-refractivity contribution in [2.24, 2.45) is 0 Å². The lowest BCUT2D eigenvalue weighted by atomic mass is 9.98. The zero-order chi connectivity index (χ0) is 12.4. The molecule has 0 aliphatic carbocycles. The van der Waals surface area contributed by atoms with Crippen LogP contribution in [0.25, 0.3) is 0 Å². The van der Waals surface area contributed by atoms with Crippen LogP contribution in [0.3, 0.4) is 0 Å². The third kappa shape index (κ3) is 3.69. The average molecular weight is 282 g/mol. The first kappa shape index (κ1) is 14.8. The summed E-state index contributed by atoms with van der Waals surface area (Å²) in [4.78, 5) is 4.98. The van der Waals surface area contributed by atoms with Gasteiger partial charge in [0.1, 0.15) is 0 Å².